The van der Waals surface area contributed by atoms with Crippen LogP contribution in [0.2, 0.25) is 0 Å². The van der Waals surface area contributed by atoms with Gasteiger partial charge in [-0.05, 0) is 50.8 Å². The van der Waals surface area contributed by atoms with Crippen LogP contribution in [0.1, 0.15) is 37.4 Å². The van der Waals surface area contributed by atoms with Crippen molar-refractivity contribution in [1.82, 2.24) is 5.32 Å². The molecule has 0 aliphatic rings. The molecule has 0 saturated heterocycles. The van der Waals surface area contributed by atoms with Crippen molar-refractivity contribution in [3.63, 3.8) is 0 Å². The van der Waals surface area contributed by atoms with Crippen LogP contribution in [-0.4, -0.2) is 0 Å². The molecule has 0 radical (unpaired) electrons. The van der Waals surface area contributed by atoms with Crippen molar-refractivity contribution in [2.45, 2.75) is 32.9 Å². The lowest BCUT2D eigenvalue weighted by atomic mass is 9.97. The van der Waals surface area contributed by atoms with Crippen molar-refractivity contribution in [2.75, 3.05) is 0 Å². The molecule has 1 aromatic carbocycles. The van der Waals surface area contributed by atoms with Crippen molar-refractivity contribution < 1.29 is 0 Å². The van der Waals surface area contributed by atoms with Gasteiger partial charge in [0.05, 0.1) is 3.79 Å². The zero-order valence-electron chi connectivity index (χ0n) is 11.4. The molecule has 1 aromatic heterocycles. The average molecular weight is 338 g/mol. The molecule has 19 heavy (non-hydrogen) atoms. The highest BCUT2D eigenvalue weighted by atomic mass is 79.9. The number of hydrogen-bond acceptors (Lipinski definition) is 2. The van der Waals surface area contributed by atoms with Crippen LogP contribution in [0, 0.1) is 5.92 Å². The molecule has 1 N–H and O–H groups in total. The molecule has 1 heterocycles. The Hall–Kier alpha value is -0.640. The van der Waals surface area contributed by atoms with Crippen molar-refractivity contribution in [2.24, 2.45) is 5.92 Å². The van der Waals surface area contributed by atoms with Crippen molar-refractivity contribution in [3.8, 4) is 0 Å². The van der Waals surface area contributed by atoms with Gasteiger partial charge in [-0.2, -0.15) is 0 Å². The molecule has 3 heteroatoms. The third kappa shape index (κ3) is 4.75. The lowest BCUT2D eigenvalue weighted by Crippen LogP contribution is -2.22. The quantitative estimate of drug-likeness (QED) is 0.745. The van der Waals surface area contributed by atoms with E-state index < -0.39 is 0 Å². The predicted molar refractivity (Wildman–Crippen MR) is 87.5 cm³/mol. The van der Waals surface area contributed by atoms with Crippen LogP contribution >= 0.6 is 27.3 Å². The van der Waals surface area contributed by atoms with Crippen LogP contribution in [0.4, 0.5) is 0 Å². The molecule has 0 aliphatic carbocycles. The molecule has 0 bridgehead atoms. The molecule has 102 valence electrons. The molecule has 0 aliphatic heterocycles. The van der Waals surface area contributed by atoms with Gasteiger partial charge in [-0.15, -0.1) is 11.3 Å². The second-order valence-corrected chi connectivity index (χ2v) is 7.52. The average Bonchev–Trinajstić information content (AvgIpc) is 2.81. The normalized spacial score (nSPS) is 12.8. The third-order valence-corrected chi connectivity index (χ3v) is 4.64. The van der Waals surface area contributed by atoms with Crippen molar-refractivity contribution >= 4 is 27.3 Å². The van der Waals surface area contributed by atoms with Gasteiger partial charge in [-0.25, -0.2) is 0 Å². The Morgan fingerprint density at radius 2 is 1.95 bits per heavy atom. The molecule has 0 fully saturated rings. The Morgan fingerprint density at radius 3 is 2.53 bits per heavy atom. The summed E-state index contributed by atoms with van der Waals surface area (Å²) in [4.78, 5) is 0. The Bertz CT molecular complexity index is 492. The number of thiophene rings is 1. The first-order valence-corrected chi connectivity index (χ1v) is 8.33. The highest BCUT2D eigenvalue weighted by molar-refractivity contribution is 9.11. The Balaban J connectivity index is 2.02. The van der Waals surface area contributed by atoms with E-state index in [4.69, 9.17) is 0 Å². The number of nitrogens with one attached hydrogen (secondary N) is 1. The summed E-state index contributed by atoms with van der Waals surface area (Å²) in [6, 6.07) is 13.4. The van der Waals surface area contributed by atoms with Crippen LogP contribution in [0.3, 0.4) is 0 Å². The van der Waals surface area contributed by atoms with Crippen LogP contribution in [0.25, 0.3) is 0 Å². The predicted octanol–water partition coefficient (Wildman–Crippen LogP) is 5.39. The molecular formula is C16H20BrNS. The van der Waals surface area contributed by atoms with Gasteiger partial charge < -0.3 is 5.32 Å². The lowest BCUT2D eigenvalue weighted by molar-refractivity contribution is 0.429. The Labute approximate surface area is 128 Å². The van der Waals surface area contributed by atoms with Crippen molar-refractivity contribution in [3.05, 3.63) is 56.7 Å². The first-order valence-electron chi connectivity index (χ1n) is 6.66. The van der Waals surface area contributed by atoms with Gasteiger partial charge in [-0.1, -0.05) is 44.2 Å². The SMILES string of the molecule is CC(C)CC(NCc1csc(Br)c1)c1ccccc1. The fraction of sp³-hybridized carbons (Fsp3) is 0.375. The third-order valence-electron chi connectivity index (χ3n) is 3.08. The summed E-state index contributed by atoms with van der Waals surface area (Å²) < 4.78 is 1.20. The second kappa shape index (κ2) is 7.22. The van der Waals surface area contributed by atoms with Crippen molar-refractivity contribution in [1.29, 1.82) is 0 Å². The van der Waals surface area contributed by atoms with Gasteiger partial charge in [0.2, 0.25) is 0 Å². The molecule has 1 unspecified atom stereocenters. The first kappa shape index (κ1) is 14.8. The summed E-state index contributed by atoms with van der Waals surface area (Å²) in [5.41, 5.74) is 2.73. The summed E-state index contributed by atoms with van der Waals surface area (Å²) >= 11 is 5.26. The van der Waals surface area contributed by atoms with Crippen LogP contribution < -0.4 is 5.32 Å². The molecule has 1 nitrogen and oxygen atoms in total. The summed E-state index contributed by atoms with van der Waals surface area (Å²) in [6.45, 7) is 5.48. The Morgan fingerprint density at radius 1 is 1.21 bits per heavy atom. The van der Waals surface area contributed by atoms with E-state index in [1.165, 1.54) is 14.9 Å². The lowest BCUT2D eigenvalue weighted by Gasteiger charge is -2.21. The van der Waals surface area contributed by atoms with E-state index >= 15 is 0 Å². The number of halogens is 1. The fourth-order valence-electron chi connectivity index (χ4n) is 2.17. The minimum absolute atomic E-state index is 0.430. The van der Waals surface area contributed by atoms with E-state index in [9.17, 15) is 0 Å². The topological polar surface area (TPSA) is 12.0 Å². The van der Waals surface area contributed by atoms with E-state index in [0.717, 1.165) is 13.0 Å². The summed E-state index contributed by atoms with van der Waals surface area (Å²) in [7, 11) is 0. The maximum atomic E-state index is 3.68. The summed E-state index contributed by atoms with van der Waals surface area (Å²) in [5, 5.41) is 5.89. The first-order chi connectivity index (χ1) is 9.15. The van der Waals surface area contributed by atoms with Crippen LogP contribution in [-0.2, 0) is 6.54 Å². The van der Waals surface area contributed by atoms with Gasteiger partial charge in [0.25, 0.3) is 0 Å². The fourth-order valence-corrected chi connectivity index (χ4v) is 3.38. The monoisotopic (exact) mass is 337 g/mol. The highest BCUT2D eigenvalue weighted by Crippen LogP contribution is 2.24. The summed E-state index contributed by atoms with van der Waals surface area (Å²) in [6.07, 6.45) is 1.16. The largest absolute Gasteiger partial charge is 0.306 e. The minimum Gasteiger partial charge on any atom is -0.306 e. The van der Waals surface area contributed by atoms with Gasteiger partial charge in [0.15, 0.2) is 0 Å². The molecule has 1 atom stereocenters. The second-order valence-electron chi connectivity index (χ2n) is 5.23. The van der Waals surface area contributed by atoms with E-state index in [2.05, 4.69) is 76.9 Å². The molecule has 0 spiro atoms. The van der Waals surface area contributed by atoms with E-state index in [0.29, 0.717) is 12.0 Å². The van der Waals surface area contributed by atoms with Gasteiger partial charge in [0.1, 0.15) is 0 Å². The minimum atomic E-state index is 0.430. The highest BCUT2D eigenvalue weighted by Gasteiger charge is 2.12. The van der Waals surface area contributed by atoms with E-state index in [1.807, 2.05) is 0 Å². The Kier molecular flexibility index (Phi) is 5.61. The molecule has 2 rings (SSSR count). The summed E-state index contributed by atoms with van der Waals surface area (Å²) in [5.74, 6) is 0.687. The van der Waals surface area contributed by atoms with Crippen LogP contribution in [0.5, 0.6) is 0 Å². The molecular weight excluding hydrogens is 318 g/mol. The molecule has 0 saturated carbocycles. The molecule has 0 amide bonds. The number of hydrogen-bond donors (Lipinski definition) is 1. The maximum absolute atomic E-state index is 3.68. The smallest absolute Gasteiger partial charge is 0.0701 e. The standard InChI is InChI=1S/C16H20BrNS/c1-12(2)8-15(14-6-4-3-5-7-14)18-10-13-9-16(17)19-11-13/h3-7,9,11-12,15,18H,8,10H2,1-2H3. The van der Waals surface area contributed by atoms with E-state index in [1.54, 1.807) is 11.3 Å². The van der Waals surface area contributed by atoms with Gasteiger partial charge in [-0.3, -0.25) is 0 Å². The van der Waals surface area contributed by atoms with Crippen LogP contribution in [0.15, 0.2) is 45.6 Å². The molecule has 2 aromatic rings. The number of rotatable bonds is 6. The van der Waals surface area contributed by atoms with E-state index in [-0.39, 0.29) is 0 Å². The van der Waals surface area contributed by atoms with Gasteiger partial charge in [0, 0.05) is 12.6 Å². The van der Waals surface area contributed by atoms with Gasteiger partial charge >= 0.3 is 0 Å². The zero-order chi connectivity index (χ0) is 13.7. The maximum Gasteiger partial charge on any atom is 0.0701 e. The zero-order valence-corrected chi connectivity index (χ0v) is 13.8. The number of benzene rings is 1.